The van der Waals surface area contributed by atoms with Crippen LogP contribution in [-0.4, -0.2) is 42.5 Å². The van der Waals surface area contributed by atoms with E-state index >= 15 is 0 Å². The van der Waals surface area contributed by atoms with Gasteiger partial charge in [0.05, 0.1) is 19.3 Å². The number of amides is 1. The van der Waals surface area contributed by atoms with E-state index < -0.39 is 0 Å². The van der Waals surface area contributed by atoms with Gasteiger partial charge in [-0.1, -0.05) is 30.3 Å². The van der Waals surface area contributed by atoms with Crippen molar-refractivity contribution >= 4 is 22.5 Å². The Balaban J connectivity index is 1.33. The lowest BCUT2D eigenvalue weighted by molar-refractivity contribution is -0.117. The summed E-state index contributed by atoms with van der Waals surface area (Å²) in [7, 11) is 1.61. The summed E-state index contributed by atoms with van der Waals surface area (Å²) in [5.41, 5.74) is 3.33. The molecule has 2 N–H and O–H groups in total. The van der Waals surface area contributed by atoms with Gasteiger partial charge in [-0.3, -0.25) is 9.69 Å². The van der Waals surface area contributed by atoms with Crippen molar-refractivity contribution in [1.82, 2.24) is 9.88 Å². The molecule has 0 saturated carbocycles. The van der Waals surface area contributed by atoms with Gasteiger partial charge in [-0.25, -0.2) is 0 Å². The Hall–Kier alpha value is -2.79. The van der Waals surface area contributed by atoms with Crippen molar-refractivity contribution in [2.75, 3.05) is 32.1 Å². The number of methoxy groups -OCH3 is 1. The summed E-state index contributed by atoms with van der Waals surface area (Å²) in [6.07, 6.45) is 4.30. The second-order valence-electron chi connectivity index (χ2n) is 7.09. The minimum Gasteiger partial charge on any atom is -0.495 e. The van der Waals surface area contributed by atoms with Crippen LogP contribution in [0.15, 0.2) is 54.7 Å². The number of hydrogen-bond donors (Lipinski definition) is 2. The summed E-state index contributed by atoms with van der Waals surface area (Å²) in [5, 5.41) is 4.29. The topological polar surface area (TPSA) is 57.4 Å². The highest BCUT2D eigenvalue weighted by molar-refractivity contribution is 5.93. The fourth-order valence-corrected chi connectivity index (χ4v) is 3.97. The van der Waals surface area contributed by atoms with Crippen molar-refractivity contribution in [1.29, 1.82) is 0 Å². The maximum absolute atomic E-state index is 12.4. The Morgan fingerprint density at radius 3 is 2.70 bits per heavy atom. The zero-order valence-electron chi connectivity index (χ0n) is 15.6. The summed E-state index contributed by atoms with van der Waals surface area (Å²) < 4.78 is 5.30. The molecule has 2 aromatic carbocycles. The Bertz CT molecular complexity index is 926. The highest BCUT2D eigenvalue weighted by Crippen LogP contribution is 2.33. The lowest BCUT2D eigenvalue weighted by Gasteiger charge is -2.31. The molecule has 5 nitrogen and oxygen atoms in total. The van der Waals surface area contributed by atoms with E-state index in [4.69, 9.17) is 4.74 Å². The van der Waals surface area contributed by atoms with Crippen molar-refractivity contribution in [2.24, 2.45) is 0 Å². The summed E-state index contributed by atoms with van der Waals surface area (Å²) in [6, 6.07) is 16.0. The molecule has 0 atom stereocenters. The van der Waals surface area contributed by atoms with E-state index in [9.17, 15) is 4.79 Å². The predicted octanol–water partition coefficient (Wildman–Crippen LogP) is 3.99. The molecule has 1 saturated heterocycles. The van der Waals surface area contributed by atoms with Crippen molar-refractivity contribution in [3.8, 4) is 5.75 Å². The van der Waals surface area contributed by atoms with Crippen LogP contribution in [0.25, 0.3) is 10.9 Å². The number of rotatable bonds is 5. The van der Waals surface area contributed by atoms with E-state index in [1.54, 1.807) is 7.11 Å². The smallest absolute Gasteiger partial charge is 0.238 e. The van der Waals surface area contributed by atoms with Gasteiger partial charge in [0.15, 0.2) is 0 Å². The van der Waals surface area contributed by atoms with Gasteiger partial charge in [-0.05, 0) is 55.6 Å². The number of ether oxygens (including phenoxy) is 1. The first-order chi connectivity index (χ1) is 13.2. The molecule has 1 fully saturated rings. The molecule has 2 heterocycles. The van der Waals surface area contributed by atoms with Crippen molar-refractivity contribution in [2.45, 2.75) is 18.8 Å². The van der Waals surface area contributed by atoms with E-state index in [2.05, 4.69) is 45.7 Å². The van der Waals surface area contributed by atoms with Gasteiger partial charge in [0.1, 0.15) is 5.75 Å². The van der Waals surface area contributed by atoms with Gasteiger partial charge < -0.3 is 15.0 Å². The number of carbonyl (C=O) groups excluding carboxylic acids is 1. The summed E-state index contributed by atoms with van der Waals surface area (Å²) >= 11 is 0. The molecule has 0 unspecified atom stereocenters. The van der Waals surface area contributed by atoms with Crippen LogP contribution in [0.5, 0.6) is 5.75 Å². The van der Waals surface area contributed by atoms with Gasteiger partial charge in [0.2, 0.25) is 5.91 Å². The van der Waals surface area contributed by atoms with Crippen LogP contribution in [0.1, 0.15) is 24.3 Å². The van der Waals surface area contributed by atoms with Crippen LogP contribution in [0.2, 0.25) is 0 Å². The highest BCUT2D eigenvalue weighted by atomic mass is 16.5. The average molecular weight is 363 g/mol. The number of aromatic amines is 1. The lowest BCUT2D eigenvalue weighted by Crippen LogP contribution is -2.38. The van der Waals surface area contributed by atoms with Crippen molar-refractivity contribution in [3.63, 3.8) is 0 Å². The summed E-state index contributed by atoms with van der Waals surface area (Å²) in [5.74, 6) is 1.24. The molecule has 0 bridgehead atoms. The molecule has 1 aliphatic heterocycles. The third-order valence-electron chi connectivity index (χ3n) is 5.40. The molecule has 0 aliphatic carbocycles. The van der Waals surface area contributed by atoms with Crippen molar-refractivity contribution < 1.29 is 9.53 Å². The van der Waals surface area contributed by atoms with E-state index in [0.29, 0.717) is 18.2 Å². The molecule has 27 heavy (non-hydrogen) atoms. The first-order valence-corrected chi connectivity index (χ1v) is 9.46. The SMILES string of the molecule is COc1ccccc1NC(=O)CN1CCC(c2c[nH]c3ccccc23)CC1. The molecule has 1 amide bonds. The van der Waals surface area contributed by atoms with Gasteiger partial charge in [-0.2, -0.15) is 0 Å². The minimum atomic E-state index is 0.00467. The largest absolute Gasteiger partial charge is 0.495 e. The number of carbonyl (C=O) groups is 1. The maximum atomic E-state index is 12.4. The Morgan fingerprint density at radius 1 is 1.15 bits per heavy atom. The summed E-state index contributed by atoms with van der Waals surface area (Å²) in [4.78, 5) is 18.0. The first kappa shape index (κ1) is 17.6. The molecule has 3 aromatic rings. The number of H-pyrrole nitrogens is 1. The molecule has 0 spiro atoms. The van der Waals surface area contributed by atoms with Gasteiger partial charge in [0, 0.05) is 17.1 Å². The molecule has 1 aromatic heterocycles. The second-order valence-corrected chi connectivity index (χ2v) is 7.09. The third-order valence-corrected chi connectivity index (χ3v) is 5.40. The number of piperidine rings is 1. The van der Waals surface area contributed by atoms with Gasteiger partial charge in [0.25, 0.3) is 0 Å². The standard InChI is InChI=1S/C22H25N3O2/c1-27-21-9-5-4-8-20(21)24-22(26)15-25-12-10-16(11-13-25)18-14-23-19-7-3-2-6-17(18)19/h2-9,14,16,23H,10-13,15H2,1H3,(H,24,26). The zero-order chi connectivity index (χ0) is 18.6. The molecule has 140 valence electrons. The zero-order valence-corrected chi connectivity index (χ0v) is 15.6. The monoisotopic (exact) mass is 363 g/mol. The third kappa shape index (κ3) is 3.83. The Kier molecular flexibility index (Phi) is 5.12. The van der Waals surface area contributed by atoms with E-state index in [1.807, 2.05) is 24.3 Å². The molecule has 5 heteroatoms. The number of para-hydroxylation sites is 3. The maximum Gasteiger partial charge on any atom is 0.238 e. The molecular formula is C22H25N3O2. The lowest BCUT2D eigenvalue weighted by atomic mass is 9.89. The predicted molar refractivity (Wildman–Crippen MR) is 108 cm³/mol. The number of likely N-dealkylation sites (tertiary alicyclic amines) is 1. The number of fused-ring (bicyclic) bond motifs is 1. The van der Waals surface area contributed by atoms with E-state index in [-0.39, 0.29) is 5.91 Å². The van der Waals surface area contributed by atoms with E-state index in [1.165, 1.54) is 16.5 Å². The Morgan fingerprint density at radius 2 is 1.89 bits per heavy atom. The van der Waals surface area contributed by atoms with Crippen LogP contribution in [0.3, 0.4) is 0 Å². The number of nitrogens with zero attached hydrogens (tertiary/aromatic N) is 1. The highest BCUT2D eigenvalue weighted by Gasteiger charge is 2.24. The molecule has 1 aliphatic rings. The Labute approximate surface area is 159 Å². The molecule has 4 rings (SSSR count). The van der Waals surface area contributed by atoms with Crippen LogP contribution >= 0.6 is 0 Å². The number of benzene rings is 2. The first-order valence-electron chi connectivity index (χ1n) is 9.46. The van der Waals surface area contributed by atoms with Crippen molar-refractivity contribution in [3.05, 3.63) is 60.3 Å². The number of aromatic nitrogens is 1. The fourth-order valence-electron chi connectivity index (χ4n) is 3.97. The van der Waals surface area contributed by atoms with Crippen LogP contribution in [0, 0.1) is 0 Å². The van der Waals surface area contributed by atoms with Crippen LogP contribution in [-0.2, 0) is 4.79 Å². The second kappa shape index (κ2) is 7.84. The van der Waals surface area contributed by atoms with Gasteiger partial charge in [-0.15, -0.1) is 0 Å². The average Bonchev–Trinajstić information content (AvgIpc) is 3.13. The molecule has 0 radical (unpaired) electrons. The van der Waals surface area contributed by atoms with E-state index in [0.717, 1.165) is 31.6 Å². The number of hydrogen-bond acceptors (Lipinski definition) is 3. The van der Waals surface area contributed by atoms with Gasteiger partial charge >= 0.3 is 0 Å². The number of nitrogens with one attached hydrogen (secondary N) is 2. The number of anilines is 1. The minimum absolute atomic E-state index is 0.00467. The van der Waals surface area contributed by atoms with Crippen LogP contribution < -0.4 is 10.1 Å². The van der Waals surface area contributed by atoms with Crippen LogP contribution in [0.4, 0.5) is 5.69 Å². The molecular weight excluding hydrogens is 338 g/mol. The normalized spacial score (nSPS) is 15.7. The summed E-state index contributed by atoms with van der Waals surface area (Å²) in [6.45, 7) is 2.28. The fraction of sp³-hybridized carbons (Fsp3) is 0.318. The quantitative estimate of drug-likeness (QED) is 0.720.